The lowest BCUT2D eigenvalue weighted by molar-refractivity contribution is 0.158. The van der Waals surface area contributed by atoms with E-state index >= 15 is 0 Å². The van der Waals surface area contributed by atoms with Crippen molar-refractivity contribution in [2.24, 2.45) is 5.16 Å². The first-order valence-corrected chi connectivity index (χ1v) is 5.47. The van der Waals surface area contributed by atoms with E-state index in [2.05, 4.69) is 21.1 Å². The number of hydrogen-bond acceptors (Lipinski definition) is 5. The van der Waals surface area contributed by atoms with Gasteiger partial charge in [0.1, 0.15) is 23.7 Å². The third-order valence-corrected chi connectivity index (χ3v) is 2.83. The molecule has 1 aromatic heterocycles. The van der Waals surface area contributed by atoms with Crippen LogP contribution < -0.4 is 5.63 Å². The molecule has 0 radical (unpaired) electrons. The van der Waals surface area contributed by atoms with Gasteiger partial charge in [0.2, 0.25) is 0 Å². The summed E-state index contributed by atoms with van der Waals surface area (Å²) >= 11 is 3.12. The van der Waals surface area contributed by atoms with Crippen LogP contribution in [0.2, 0.25) is 0 Å². The Morgan fingerprint density at radius 2 is 2.25 bits per heavy atom. The van der Waals surface area contributed by atoms with Gasteiger partial charge in [0, 0.05) is 0 Å². The minimum absolute atomic E-state index is 0.00549. The van der Waals surface area contributed by atoms with Crippen molar-refractivity contribution in [3.8, 4) is 5.75 Å². The van der Waals surface area contributed by atoms with Crippen molar-refractivity contribution in [2.75, 3.05) is 6.61 Å². The van der Waals surface area contributed by atoms with Crippen molar-refractivity contribution in [1.29, 1.82) is 0 Å². The molecule has 0 aliphatic carbocycles. The van der Waals surface area contributed by atoms with Gasteiger partial charge in [-0.15, -0.1) is 0 Å². The molecule has 0 aromatic carbocycles. The highest BCUT2D eigenvalue weighted by molar-refractivity contribution is 9.10. The molecule has 5 nitrogen and oxygen atoms in total. The van der Waals surface area contributed by atoms with Gasteiger partial charge in [0.25, 0.3) is 0 Å². The zero-order valence-electron chi connectivity index (χ0n) is 9.20. The van der Waals surface area contributed by atoms with Gasteiger partial charge >= 0.3 is 5.63 Å². The molecular formula is C10H12BrNO4. The average Bonchev–Trinajstić information content (AvgIpc) is 2.23. The number of aromatic hydroxyl groups is 1. The number of rotatable bonds is 3. The van der Waals surface area contributed by atoms with Crippen LogP contribution in [0.15, 0.2) is 18.8 Å². The molecule has 0 aliphatic rings. The summed E-state index contributed by atoms with van der Waals surface area (Å²) in [4.78, 5) is 16.3. The van der Waals surface area contributed by atoms with Crippen LogP contribution >= 0.6 is 15.9 Å². The van der Waals surface area contributed by atoms with Crippen molar-refractivity contribution >= 4 is 21.6 Å². The summed E-state index contributed by atoms with van der Waals surface area (Å²) in [7, 11) is 0. The number of aryl methyl sites for hydroxylation is 1. The van der Waals surface area contributed by atoms with Gasteiger partial charge in [0.15, 0.2) is 0 Å². The molecule has 6 heteroatoms. The Balaban J connectivity index is 3.35. The third kappa shape index (κ3) is 2.44. The third-order valence-electron chi connectivity index (χ3n) is 1.90. The standard InChI is InChI=1S/C10H12BrNO4/c1-4-15-12-5(2)7-9(13)8(11)6(3)16-10(7)14/h13H,4H2,1-3H3/b12-5+. The smallest absolute Gasteiger partial charge is 0.349 e. The lowest BCUT2D eigenvalue weighted by Crippen LogP contribution is -2.14. The molecule has 0 saturated carbocycles. The Morgan fingerprint density at radius 3 is 2.81 bits per heavy atom. The van der Waals surface area contributed by atoms with E-state index in [-0.39, 0.29) is 17.0 Å². The minimum atomic E-state index is -0.640. The second-order valence-corrected chi connectivity index (χ2v) is 3.87. The van der Waals surface area contributed by atoms with Crippen LogP contribution in [0, 0.1) is 6.92 Å². The van der Waals surface area contributed by atoms with E-state index in [1.807, 2.05) is 0 Å². The van der Waals surface area contributed by atoms with Gasteiger partial charge in [-0.25, -0.2) is 4.79 Å². The molecule has 0 aliphatic heterocycles. The van der Waals surface area contributed by atoms with Crippen LogP contribution in [0.25, 0.3) is 0 Å². The summed E-state index contributed by atoms with van der Waals surface area (Å²) in [6.07, 6.45) is 0. The van der Waals surface area contributed by atoms with Crippen LogP contribution in [0.5, 0.6) is 5.75 Å². The van der Waals surface area contributed by atoms with E-state index < -0.39 is 5.63 Å². The first kappa shape index (κ1) is 12.8. The monoisotopic (exact) mass is 289 g/mol. The lowest BCUT2D eigenvalue weighted by Gasteiger charge is -2.05. The summed E-state index contributed by atoms with van der Waals surface area (Å²) in [5, 5.41) is 13.5. The first-order chi connectivity index (χ1) is 7.49. The van der Waals surface area contributed by atoms with Crippen LogP contribution in [-0.2, 0) is 4.84 Å². The number of oxime groups is 1. The van der Waals surface area contributed by atoms with Crippen molar-refractivity contribution in [3.05, 3.63) is 26.2 Å². The summed E-state index contributed by atoms with van der Waals surface area (Å²) < 4.78 is 5.26. The maximum Gasteiger partial charge on any atom is 0.349 e. The van der Waals surface area contributed by atoms with Crippen molar-refractivity contribution in [3.63, 3.8) is 0 Å². The Hall–Kier alpha value is -1.30. The molecule has 0 bridgehead atoms. The fourth-order valence-electron chi connectivity index (χ4n) is 1.13. The summed E-state index contributed by atoms with van der Waals surface area (Å²) in [5.74, 6) is 0.130. The Bertz CT molecular complexity index is 478. The minimum Gasteiger partial charge on any atom is -0.506 e. The van der Waals surface area contributed by atoms with Gasteiger partial charge in [-0.05, 0) is 36.7 Å². The molecule has 88 valence electrons. The van der Waals surface area contributed by atoms with Gasteiger partial charge in [-0.3, -0.25) is 0 Å². The second-order valence-electron chi connectivity index (χ2n) is 3.08. The molecular weight excluding hydrogens is 278 g/mol. The topological polar surface area (TPSA) is 72.0 Å². The molecule has 16 heavy (non-hydrogen) atoms. The fraction of sp³-hybridized carbons (Fsp3) is 0.400. The fourth-order valence-corrected chi connectivity index (χ4v) is 1.41. The molecule has 1 rings (SSSR count). The quantitative estimate of drug-likeness (QED) is 0.684. The Morgan fingerprint density at radius 1 is 1.62 bits per heavy atom. The number of halogens is 1. The van der Waals surface area contributed by atoms with Gasteiger partial charge in [-0.2, -0.15) is 0 Å². The number of hydrogen-bond donors (Lipinski definition) is 1. The molecule has 0 amide bonds. The number of nitrogens with zero attached hydrogens (tertiary/aromatic N) is 1. The van der Waals surface area contributed by atoms with Crippen molar-refractivity contribution in [2.45, 2.75) is 20.8 Å². The molecule has 0 fully saturated rings. The molecule has 0 unspecified atom stereocenters. The van der Waals surface area contributed by atoms with E-state index in [0.717, 1.165) is 0 Å². The van der Waals surface area contributed by atoms with Crippen LogP contribution in [0.4, 0.5) is 0 Å². The maximum absolute atomic E-state index is 11.5. The van der Waals surface area contributed by atoms with Crippen molar-refractivity contribution in [1.82, 2.24) is 0 Å². The van der Waals surface area contributed by atoms with Gasteiger partial charge in [0.05, 0.1) is 10.2 Å². The largest absolute Gasteiger partial charge is 0.506 e. The van der Waals surface area contributed by atoms with E-state index in [1.54, 1.807) is 20.8 Å². The molecule has 0 atom stereocenters. The Labute approximate surface area is 101 Å². The highest BCUT2D eigenvalue weighted by atomic mass is 79.9. The second kappa shape index (κ2) is 5.16. The summed E-state index contributed by atoms with van der Waals surface area (Å²) in [6.45, 7) is 5.29. The normalized spacial score (nSPS) is 11.6. The average molecular weight is 290 g/mol. The molecule has 0 spiro atoms. The molecule has 1 N–H and O–H groups in total. The van der Waals surface area contributed by atoms with Gasteiger partial charge in [-0.1, -0.05) is 5.16 Å². The Kier molecular flexibility index (Phi) is 4.12. The molecule has 0 saturated heterocycles. The van der Waals surface area contributed by atoms with Gasteiger partial charge < -0.3 is 14.4 Å². The van der Waals surface area contributed by atoms with Crippen LogP contribution in [-0.4, -0.2) is 17.4 Å². The van der Waals surface area contributed by atoms with E-state index in [0.29, 0.717) is 16.8 Å². The lowest BCUT2D eigenvalue weighted by atomic mass is 10.2. The summed E-state index contributed by atoms with van der Waals surface area (Å²) in [6, 6.07) is 0. The maximum atomic E-state index is 11.5. The van der Waals surface area contributed by atoms with Crippen LogP contribution in [0.1, 0.15) is 25.2 Å². The van der Waals surface area contributed by atoms with E-state index in [9.17, 15) is 9.90 Å². The van der Waals surface area contributed by atoms with Crippen LogP contribution in [0.3, 0.4) is 0 Å². The highest BCUT2D eigenvalue weighted by Gasteiger charge is 2.18. The van der Waals surface area contributed by atoms with E-state index in [1.165, 1.54) is 0 Å². The SMILES string of the molecule is CCO/N=C(\C)c1c(O)c(Br)c(C)oc1=O. The highest BCUT2D eigenvalue weighted by Crippen LogP contribution is 2.28. The molecule has 1 heterocycles. The zero-order chi connectivity index (χ0) is 12.3. The predicted molar refractivity (Wildman–Crippen MR) is 62.9 cm³/mol. The summed E-state index contributed by atoms with van der Waals surface area (Å²) in [5.41, 5.74) is -0.362. The predicted octanol–water partition coefficient (Wildman–Crippen LogP) is 2.18. The zero-order valence-corrected chi connectivity index (χ0v) is 10.8. The van der Waals surface area contributed by atoms with E-state index in [4.69, 9.17) is 9.25 Å². The van der Waals surface area contributed by atoms with Crippen molar-refractivity contribution < 1.29 is 14.4 Å². The molecule has 1 aromatic rings. The first-order valence-electron chi connectivity index (χ1n) is 4.68.